The van der Waals surface area contributed by atoms with Crippen LogP contribution >= 0.6 is 0 Å². The molecular weight excluding hydrogens is 138 g/mol. The maximum absolute atomic E-state index is 5.52. The monoisotopic (exact) mass is 155 g/mol. The quantitative estimate of drug-likeness (QED) is 0.621. The van der Waals surface area contributed by atoms with Crippen LogP contribution in [0, 0.1) is 5.92 Å². The van der Waals surface area contributed by atoms with Crippen LogP contribution in [0.1, 0.15) is 19.8 Å². The minimum Gasteiger partial charge on any atom is -0.374 e. The summed E-state index contributed by atoms with van der Waals surface area (Å²) in [5.74, 6) is 0.713. The number of ether oxygens (including phenoxy) is 1. The molecule has 0 aromatic carbocycles. The number of hydrogen-bond acceptors (Lipinski definition) is 2. The zero-order valence-corrected chi connectivity index (χ0v) is 7.18. The highest BCUT2D eigenvalue weighted by atomic mass is 16.5. The summed E-state index contributed by atoms with van der Waals surface area (Å²) in [6.45, 7) is 7.28. The minimum absolute atomic E-state index is 0.459. The van der Waals surface area contributed by atoms with Crippen molar-refractivity contribution in [1.82, 2.24) is 0 Å². The van der Waals surface area contributed by atoms with Crippen LogP contribution in [0.5, 0.6) is 0 Å². The van der Waals surface area contributed by atoms with Gasteiger partial charge in [0, 0.05) is 0 Å². The third-order valence-corrected chi connectivity index (χ3v) is 2.09. The zero-order valence-electron chi connectivity index (χ0n) is 7.18. The lowest BCUT2D eigenvalue weighted by Gasteiger charge is -2.34. The molecule has 0 heterocycles. The van der Waals surface area contributed by atoms with E-state index < -0.39 is 0 Å². The molecule has 64 valence electrons. The first kappa shape index (κ1) is 8.75. The Morgan fingerprint density at radius 1 is 1.64 bits per heavy atom. The number of nitrogens with two attached hydrogens (primary N) is 1. The lowest BCUT2D eigenvalue weighted by molar-refractivity contribution is -0.0170. The Morgan fingerprint density at radius 2 is 2.27 bits per heavy atom. The first-order valence-corrected chi connectivity index (χ1v) is 4.18. The van der Waals surface area contributed by atoms with Crippen molar-refractivity contribution in [1.29, 1.82) is 0 Å². The summed E-state index contributed by atoms with van der Waals surface area (Å²) in [5.41, 5.74) is 6.58. The molecule has 0 unspecified atom stereocenters. The van der Waals surface area contributed by atoms with Gasteiger partial charge in [-0.05, 0) is 32.2 Å². The van der Waals surface area contributed by atoms with E-state index in [4.69, 9.17) is 10.5 Å². The average molecular weight is 155 g/mol. The lowest BCUT2D eigenvalue weighted by atomic mass is 9.82. The largest absolute Gasteiger partial charge is 0.374 e. The first-order valence-electron chi connectivity index (χ1n) is 4.18. The van der Waals surface area contributed by atoms with E-state index in [2.05, 4.69) is 6.58 Å². The Labute approximate surface area is 68.4 Å². The summed E-state index contributed by atoms with van der Waals surface area (Å²) < 4.78 is 5.52. The van der Waals surface area contributed by atoms with Gasteiger partial charge in [0.25, 0.3) is 0 Å². The fraction of sp³-hybridized carbons (Fsp3) is 0.778. The standard InChI is InChI=1S/C9H17NO/c1-7(2)6-11-9-3-8(4-9)5-10/h8-9H,1,3-6,10H2,2H3. The molecule has 0 atom stereocenters. The molecule has 1 rings (SSSR count). The second-order valence-electron chi connectivity index (χ2n) is 3.46. The predicted octanol–water partition coefficient (Wildman–Crippen LogP) is 1.32. The molecule has 1 aliphatic carbocycles. The summed E-state index contributed by atoms with van der Waals surface area (Å²) in [6, 6.07) is 0. The van der Waals surface area contributed by atoms with Gasteiger partial charge in [-0.15, -0.1) is 0 Å². The van der Waals surface area contributed by atoms with Crippen molar-refractivity contribution < 1.29 is 4.74 Å². The molecule has 0 aromatic rings. The van der Waals surface area contributed by atoms with Crippen LogP contribution in [-0.4, -0.2) is 19.3 Å². The van der Waals surface area contributed by atoms with E-state index in [-0.39, 0.29) is 0 Å². The van der Waals surface area contributed by atoms with Crippen molar-refractivity contribution in [2.45, 2.75) is 25.9 Å². The third-order valence-electron chi connectivity index (χ3n) is 2.09. The Kier molecular flexibility index (Phi) is 3.09. The van der Waals surface area contributed by atoms with Gasteiger partial charge in [-0.3, -0.25) is 0 Å². The molecule has 0 aliphatic heterocycles. The predicted molar refractivity (Wildman–Crippen MR) is 46.3 cm³/mol. The average Bonchev–Trinajstić information content (AvgIpc) is 1.84. The van der Waals surface area contributed by atoms with Crippen LogP contribution in [0.4, 0.5) is 0 Å². The SMILES string of the molecule is C=C(C)COC1CC(CN)C1. The Bertz CT molecular complexity index is 138. The summed E-state index contributed by atoms with van der Waals surface area (Å²) in [7, 11) is 0. The van der Waals surface area contributed by atoms with E-state index in [1.807, 2.05) is 6.92 Å². The van der Waals surface area contributed by atoms with Crippen molar-refractivity contribution in [3.05, 3.63) is 12.2 Å². The summed E-state index contributed by atoms with van der Waals surface area (Å²) in [4.78, 5) is 0. The summed E-state index contributed by atoms with van der Waals surface area (Å²) in [5, 5.41) is 0. The smallest absolute Gasteiger partial charge is 0.0675 e. The maximum atomic E-state index is 5.52. The molecule has 0 saturated heterocycles. The van der Waals surface area contributed by atoms with Gasteiger partial charge < -0.3 is 10.5 Å². The zero-order chi connectivity index (χ0) is 8.27. The van der Waals surface area contributed by atoms with Crippen molar-refractivity contribution in [3.63, 3.8) is 0 Å². The summed E-state index contributed by atoms with van der Waals surface area (Å²) >= 11 is 0. The Balaban J connectivity index is 2.00. The van der Waals surface area contributed by atoms with Gasteiger partial charge in [0.15, 0.2) is 0 Å². The van der Waals surface area contributed by atoms with Crippen LogP contribution in [0.15, 0.2) is 12.2 Å². The molecule has 0 radical (unpaired) electrons. The highest BCUT2D eigenvalue weighted by molar-refractivity contribution is 4.89. The molecule has 0 bridgehead atoms. The lowest BCUT2D eigenvalue weighted by Crippen LogP contribution is -2.36. The Morgan fingerprint density at radius 3 is 2.73 bits per heavy atom. The fourth-order valence-electron chi connectivity index (χ4n) is 1.26. The van der Waals surface area contributed by atoms with Crippen LogP contribution in [-0.2, 0) is 4.74 Å². The van der Waals surface area contributed by atoms with Gasteiger partial charge in [-0.2, -0.15) is 0 Å². The molecule has 0 amide bonds. The van der Waals surface area contributed by atoms with Crippen molar-refractivity contribution in [3.8, 4) is 0 Å². The van der Waals surface area contributed by atoms with Crippen LogP contribution in [0.2, 0.25) is 0 Å². The van der Waals surface area contributed by atoms with E-state index in [9.17, 15) is 0 Å². The van der Waals surface area contributed by atoms with Crippen LogP contribution in [0.25, 0.3) is 0 Å². The minimum atomic E-state index is 0.459. The molecule has 2 nitrogen and oxygen atoms in total. The Hall–Kier alpha value is -0.340. The highest BCUT2D eigenvalue weighted by Crippen LogP contribution is 2.28. The summed E-state index contributed by atoms with van der Waals surface area (Å²) in [6.07, 6.45) is 2.74. The van der Waals surface area contributed by atoms with Gasteiger partial charge in [0.1, 0.15) is 0 Å². The maximum Gasteiger partial charge on any atom is 0.0675 e. The van der Waals surface area contributed by atoms with Gasteiger partial charge in [-0.25, -0.2) is 0 Å². The topological polar surface area (TPSA) is 35.2 Å². The number of rotatable bonds is 4. The van der Waals surface area contributed by atoms with Crippen molar-refractivity contribution in [2.75, 3.05) is 13.2 Å². The van der Waals surface area contributed by atoms with Crippen molar-refractivity contribution in [2.24, 2.45) is 11.7 Å². The second-order valence-corrected chi connectivity index (χ2v) is 3.46. The highest BCUT2D eigenvalue weighted by Gasteiger charge is 2.28. The van der Waals surface area contributed by atoms with Crippen LogP contribution in [0.3, 0.4) is 0 Å². The van der Waals surface area contributed by atoms with E-state index in [0.29, 0.717) is 18.6 Å². The molecular formula is C9H17NO. The van der Waals surface area contributed by atoms with E-state index in [1.165, 1.54) is 0 Å². The van der Waals surface area contributed by atoms with Crippen LogP contribution < -0.4 is 5.73 Å². The van der Waals surface area contributed by atoms with Gasteiger partial charge >= 0.3 is 0 Å². The first-order chi connectivity index (χ1) is 5.22. The van der Waals surface area contributed by atoms with Crippen molar-refractivity contribution >= 4 is 0 Å². The van der Waals surface area contributed by atoms with E-state index in [0.717, 1.165) is 25.0 Å². The van der Waals surface area contributed by atoms with Gasteiger partial charge in [0.05, 0.1) is 12.7 Å². The van der Waals surface area contributed by atoms with Gasteiger partial charge in [-0.1, -0.05) is 12.2 Å². The fourth-order valence-corrected chi connectivity index (χ4v) is 1.26. The molecule has 1 fully saturated rings. The van der Waals surface area contributed by atoms with E-state index >= 15 is 0 Å². The van der Waals surface area contributed by atoms with Gasteiger partial charge in [0.2, 0.25) is 0 Å². The molecule has 0 spiro atoms. The molecule has 2 heteroatoms. The molecule has 11 heavy (non-hydrogen) atoms. The molecule has 0 aromatic heterocycles. The molecule has 1 aliphatic rings. The normalized spacial score (nSPS) is 29.6. The second kappa shape index (κ2) is 3.88. The molecule has 1 saturated carbocycles. The van der Waals surface area contributed by atoms with E-state index in [1.54, 1.807) is 0 Å². The number of hydrogen-bond donors (Lipinski definition) is 1. The third kappa shape index (κ3) is 2.64. The molecule has 2 N–H and O–H groups in total.